The lowest BCUT2D eigenvalue weighted by Gasteiger charge is -2.25. The summed E-state index contributed by atoms with van der Waals surface area (Å²) in [6, 6.07) is 12.7. The number of benzene rings is 2. The SMILES string of the molecule is CN(C(C(=O)Nc1cccc([N+](=O)[O-])c1)c1ccccc1)S(C)(=O)=O. The van der Waals surface area contributed by atoms with Crippen LogP contribution in [-0.4, -0.2) is 36.9 Å². The Morgan fingerprint density at radius 1 is 1.16 bits per heavy atom. The molecule has 0 heterocycles. The fourth-order valence-corrected chi connectivity index (χ4v) is 2.86. The van der Waals surface area contributed by atoms with E-state index in [9.17, 15) is 23.3 Å². The lowest BCUT2D eigenvalue weighted by Crippen LogP contribution is -2.38. The number of non-ortho nitro benzene ring substituents is 1. The summed E-state index contributed by atoms with van der Waals surface area (Å²) >= 11 is 0. The molecule has 0 aromatic heterocycles. The van der Waals surface area contributed by atoms with Gasteiger partial charge < -0.3 is 5.32 Å². The maximum Gasteiger partial charge on any atom is 0.271 e. The predicted molar refractivity (Wildman–Crippen MR) is 93.5 cm³/mol. The Kier molecular flexibility index (Phi) is 5.50. The predicted octanol–water partition coefficient (Wildman–Crippen LogP) is 2.17. The highest BCUT2D eigenvalue weighted by Gasteiger charge is 2.30. The molecule has 0 radical (unpaired) electrons. The molecule has 0 aliphatic carbocycles. The minimum absolute atomic E-state index is 0.175. The number of anilines is 1. The summed E-state index contributed by atoms with van der Waals surface area (Å²) in [6.07, 6.45) is 1.00. The van der Waals surface area contributed by atoms with Gasteiger partial charge in [0.05, 0.1) is 11.2 Å². The molecule has 0 aliphatic heterocycles. The second kappa shape index (κ2) is 7.41. The van der Waals surface area contributed by atoms with E-state index in [2.05, 4.69) is 5.32 Å². The van der Waals surface area contributed by atoms with Crippen LogP contribution >= 0.6 is 0 Å². The molecule has 2 rings (SSSR count). The molecule has 0 saturated heterocycles. The third-order valence-electron chi connectivity index (χ3n) is 3.57. The van der Waals surface area contributed by atoms with Crippen LogP contribution in [0.2, 0.25) is 0 Å². The van der Waals surface area contributed by atoms with Crippen molar-refractivity contribution < 1.29 is 18.1 Å². The van der Waals surface area contributed by atoms with Gasteiger partial charge in [-0.25, -0.2) is 8.42 Å². The molecule has 25 heavy (non-hydrogen) atoms. The lowest BCUT2D eigenvalue weighted by atomic mass is 10.1. The largest absolute Gasteiger partial charge is 0.324 e. The van der Waals surface area contributed by atoms with E-state index in [-0.39, 0.29) is 11.4 Å². The van der Waals surface area contributed by atoms with E-state index in [1.807, 2.05) is 0 Å². The molecule has 0 aliphatic rings. The molecule has 0 bridgehead atoms. The third-order valence-corrected chi connectivity index (χ3v) is 4.83. The number of carbonyl (C=O) groups excluding carboxylic acids is 1. The molecule has 2 aromatic carbocycles. The van der Waals surface area contributed by atoms with Gasteiger partial charge in [0.2, 0.25) is 15.9 Å². The molecule has 1 unspecified atom stereocenters. The van der Waals surface area contributed by atoms with E-state index in [1.165, 1.54) is 31.3 Å². The molecule has 1 N–H and O–H groups in total. The summed E-state index contributed by atoms with van der Waals surface area (Å²) in [5.41, 5.74) is 0.519. The van der Waals surface area contributed by atoms with Crippen molar-refractivity contribution >= 4 is 27.3 Å². The summed E-state index contributed by atoms with van der Waals surface area (Å²) in [7, 11) is -2.34. The van der Waals surface area contributed by atoms with Crippen LogP contribution in [0.25, 0.3) is 0 Å². The summed E-state index contributed by atoms with van der Waals surface area (Å²) in [5.74, 6) is -0.611. The van der Waals surface area contributed by atoms with Gasteiger partial charge in [-0.05, 0) is 11.6 Å². The first-order valence-corrected chi connectivity index (χ1v) is 9.08. The molecule has 132 valence electrons. The first-order valence-electron chi connectivity index (χ1n) is 7.23. The van der Waals surface area contributed by atoms with Gasteiger partial charge in [-0.2, -0.15) is 4.31 Å². The Morgan fingerprint density at radius 2 is 1.80 bits per heavy atom. The number of rotatable bonds is 6. The van der Waals surface area contributed by atoms with Crippen LogP contribution in [-0.2, 0) is 14.8 Å². The van der Waals surface area contributed by atoms with Crippen molar-refractivity contribution in [1.29, 1.82) is 0 Å². The zero-order valence-corrected chi connectivity index (χ0v) is 14.4. The molecule has 9 heteroatoms. The Balaban J connectivity index is 2.36. The number of nitrogens with zero attached hydrogens (tertiary/aromatic N) is 2. The van der Waals surface area contributed by atoms with E-state index in [1.54, 1.807) is 30.3 Å². The molecular formula is C16H17N3O5S. The summed E-state index contributed by atoms with van der Waals surface area (Å²) in [5, 5.41) is 13.4. The minimum atomic E-state index is -3.64. The van der Waals surface area contributed by atoms with Crippen molar-refractivity contribution in [3.63, 3.8) is 0 Å². The molecule has 1 atom stereocenters. The summed E-state index contributed by atoms with van der Waals surface area (Å²) in [4.78, 5) is 23.0. The topological polar surface area (TPSA) is 110 Å². The highest BCUT2D eigenvalue weighted by atomic mass is 32.2. The number of carbonyl (C=O) groups is 1. The van der Waals surface area contributed by atoms with Crippen molar-refractivity contribution in [1.82, 2.24) is 4.31 Å². The Bertz CT molecular complexity index is 884. The second-order valence-electron chi connectivity index (χ2n) is 5.39. The molecule has 0 spiro atoms. The number of sulfonamides is 1. The summed E-state index contributed by atoms with van der Waals surface area (Å²) in [6.45, 7) is 0. The highest BCUT2D eigenvalue weighted by molar-refractivity contribution is 7.88. The van der Waals surface area contributed by atoms with Gasteiger partial charge >= 0.3 is 0 Å². The van der Waals surface area contributed by atoms with Crippen LogP contribution in [0.15, 0.2) is 54.6 Å². The Labute approximate surface area is 145 Å². The van der Waals surface area contributed by atoms with Gasteiger partial charge in [-0.3, -0.25) is 14.9 Å². The maximum atomic E-state index is 12.7. The monoisotopic (exact) mass is 363 g/mol. The zero-order chi connectivity index (χ0) is 18.6. The van der Waals surface area contributed by atoms with Gasteiger partial charge in [-0.15, -0.1) is 0 Å². The van der Waals surface area contributed by atoms with E-state index >= 15 is 0 Å². The lowest BCUT2D eigenvalue weighted by molar-refractivity contribution is -0.384. The molecule has 1 amide bonds. The van der Waals surface area contributed by atoms with Gasteiger partial charge in [0.25, 0.3) is 5.69 Å². The van der Waals surface area contributed by atoms with Crippen LogP contribution in [0.1, 0.15) is 11.6 Å². The van der Waals surface area contributed by atoms with Crippen molar-refractivity contribution in [2.24, 2.45) is 0 Å². The van der Waals surface area contributed by atoms with Crippen LogP contribution in [0.5, 0.6) is 0 Å². The fourth-order valence-electron chi connectivity index (χ4n) is 2.26. The number of amides is 1. The van der Waals surface area contributed by atoms with Crippen molar-refractivity contribution in [3.8, 4) is 0 Å². The maximum absolute atomic E-state index is 12.7. The van der Waals surface area contributed by atoms with Crippen LogP contribution in [0, 0.1) is 10.1 Å². The van der Waals surface area contributed by atoms with E-state index in [4.69, 9.17) is 0 Å². The smallest absolute Gasteiger partial charge is 0.271 e. The van der Waals surface area contributed by atoms with Gasteiger partial charge in [0.15, 0.2) is 0 Å². The Hall–Kier alpha value is -2.78. The number of nitro benzene ring substituents is 1. The molecule has 0 saturated carbocycles. The van der Waals surface area contributed by atoms with Crippen molar-refractivity contribution in [2.75, 3.05) is 18.6 Å². The minimum Gasteiger partial charge on any atom is -0.324 e. The number of hydrogen-bond donors (Lipinski definition) is 1. The number of likely N-dealkylation sites (N-methyl/N-ethyl adjacent to an activating group) is 1. The Morgan fingerprint density at radius 3 is 2.36 bits per heavy atom. The van der Waals surface area contributed by atoms with Crippen molar-refractivity contribution in [2.45, 2.75) is 6.04 Å². The van der Waals surface area contributed by atoms with E-state index in [0.29, 0.717) is 5.56 Å². The third kappa shape index (κ3) is 4.61. The average molecular weight is 363 g/mol. The van der Waals surface area contributed by atoms with E-state index in [0.717, 1.165) is 10.6 Å². The normalized spacial score (nSPS) is 12.6. The molecular weight excluding hydrogens is 346 g/mol. The van der Waals surface area contributed by atoms with Gasteiger partial charge in [0, 0.05) is 24.9 Å². The quantitative estimate of drug-likeness (QED) is 0.625. The zero-order valence-electron chi connectivity index (χ0n) is 13.6. The van der Waals surface area contributed by atoms with Gasteiger partial charge in [0.1, 0.15) is 6.04 Å². The molecule has 2 aromatic rings. The average Bonchev–Trinajstić information content (AvgIpc) is 2.55. The van der Waals surface area contributed by atoms with Crippen molar-refractivity contribution in [3.05, 3.63) is 70.3 Å². The standard InChI is InChI=1S/C16H17N3O5S/c1-18(25(2,23)24)15(12-7-4-3-5-8-12)16(20)17-13-9-6-10-14(11-13)19(21)22/h3-11,15H,1-2H3,(H,17,20). The molecule has 8 nitrogen and oxygen atoms in total. The second-order valence-corrected chi connectivity index (χ2v) is 7.43. The molecule has 0 fully saturated rings. The number of nitrogens with one attached hydrogen (secondary N) is 1. The fraction of sp³-hybridized carbons (Fsp3) is 0.188. The van der Waals surface area contributed by atoms with E-state index < -0.39 is 26.9 Å². The number of nitro groups is 1. The van der Waals surface area contributed by atoms with Crippen LogP contribution < -0.4 is 5.32 Å². The van der Waals surface area contributed by atoms with Gasteiger partial charge in [-0.1, -0.05) is 36.4 Å². The van der Waals surface area contributed by atoms with Crippen LogP contribution in [0.4, 0.5) is 11.4 Å². The van der Waals surface area contributed by atoms with Crippen LogP contribution in [0.3, 0.4) is 0 Å². The summed E-state index contributed by atoms with van der Waals surface area (Å²) < 4.78 is 24.8. The first kappa shape index (κ1) is 18.6. The highest BCUT2D eigenvalue weighted by Crippen LogP contribution is 2.25. The number of hydrogen-bond acceptors (Lipinski definition) is 5. The first-order chi connectivity index (χ1) is 11.7.